The van der Waals surface area contributed by atoms with Crippen molar-refractivity contribution in [2.24, 2.45) is 0 Å². The highest BCUT2D eigenvalue weighted by atomic mass is 16.3. The summed E-state index contributed by atoms with van der Waals surface area (Å²) in [4.78, 5) is 9.26. The van der Waals surface area contributed by atoms with Gasteiger partial charge in [0.2, 0.25) is 0 Å². The SMILES string of the molecule is CCNc1cc(NC2(CO)CCCC2)nc(C(C)(C)C)n1. The van der Waals surface area contributed by atoms with Crippen LogP contribution in [0.1, 0.15) is 59.2 Å². The van der Waals surface area contributed by atoms with Gasteiger partial charge >= 0.3 is 0 Å². The van der Waals surface area contributed by atoms with Gasteiger partial charge in [0, 0.05) is 18.0 Å². The van der Waals surface area contributed by atoms with E-state index in [-0.39, 0.29) is 17.6 Å². The zero-order chi connectivity index (χ0) is 15.5. The summed E-state index contributed by atoms with van der Waals surface area (Å²) in [6, 6.07) is 1.94. The third-order valence-corrected chi connectivity index (χ3v) is 4.01. The molecule has 0 unspecified atom stereocenters. The van der Waals surface area contributed by atoms with E-state index in [1.807, 2.05) is 6.07 Å². The first kappa shape index (κ1) is 16.0. The number of hydrogen-bond donors (Lipinski definition) is 3. The summed E-state index contributed by atoms with van der Waals surface area (Å²) in [5.74, 6) is 2.46. The van der Waals surface area contributed by atoms with Gasteiger partial charge in [-0.05, 0) is 19.8 Å². The van der Waals surface area contributed by atoms with Gasteiger partial charge in [0.15, 0.2) is 0 Å². The maximum Gasteiger partial charge on any atom is 0.138 e. The first-order valence-electron chi connectivity index (χ1n) is 7.91. The molecule has 2 rings (SSSR count). The topological polar surface area (TPSA) is 70.1 Å². The lowest BCUT2D eigenvalue weighted by atomic mass is 9.95. The van der Waals surface area contributed by atoms with Gasteiger partial charge in [-0.25, -0.2) is 9.97 Å². The van der Waals surface area contributed by atoms with Crippen LogP contribution in [0.4, 0.5) is 11.6 Å². The van der Waals surface area contributed by atoms with Crippen molar-refractivity contribution in [2.45, 2.75) is 64.3 Å². The van der Waals surface area contributed by atoms with Crippen LogP contribution in [0.5, 0.6) is 0 Å². The summed E-state index contributed by atoms with van der Waals surface area (Å²) in [6.07, 6.45) is 4.31. The van der Waals surface area contributed by atoms with E-state index in [0.29, 0.717) is 0 Å². The third kappa shape index (κ3) is 3.84. The van der Waals surface area contributed by atoms with E-state index in [4.69, 9.17) is 0 Å². The predicted molar refractivity (Wildman–Crippen MR) is 86.8 cm³/mol. The molecule has 0 aromatic carbocycles. The summed E-state index contributed by atoms with van der Waals surface area (Å²) in [5.41, 5.74) is -0.323. The Morgan fingerprint density at radius 3 is 2.33 bits per heavy atom. The minimum atomic E-state index is -0.215. The van der Waals surface area contributed by atoms with Crippen LogP contribution in [0, 0.1) is 0 Å². The molecule has 21 heavy (non-hydrogen) atoms. The van der Waals surface area contributed by atoms with Gasteiger partial charge in [0.25, 0.3) is 0 Å². The highest BCUT2D eigenvalue weighted by Gasteiger charge is 2.33. The summed E-state index contributed by atoms with van der Waals surface area (Å²) in [6.45, 7) is 9.36. The Labute approximate surface area is 127 Å². The van der Waals surface area contributed by atoms with Gasteiger partial charge in [-0.3, -0.25) is 0 Å². The van der Waals surface area contributed by atoms with E-state index in [9.17, 15) is 5.11 Å². The fraction of sp³-hybridized carbons (Fsp3) is 0.750. The van der Waals surface area contributed by atoms with Crippen molar-refractivity contribution in [3.05, 3.63) is 11.9 Å². The first-order chi connectivity index (χ1) is 9.88. The zero-order valence-corrected chi connectivity index (χ0v) is 13.7. The van der Waals surface area contributed by atoms with E-state index in [0.717, 1.165) is 49.7 Å². The Balaban J connectivity index is 2.31. The second-order valence-electron chi connectivity index (χ2n) is 7.01. The molecule has 1 aliphatic carbocycles. The summed E-state index contributed by atoms with van der Waals surface area (Å²) < 4.78 is 0. The van der Waals surface area contributed by atoms with Crippen LogP contribution in [0.25, 0.3) is 0 Å². The molecule has 0 radical (unpaired) electrons. The zero-order valence-electron chi connectivity index (χ0n) is 13.7. The molecule has 5 heteroatoms. The van der Waals surface area contributed by atoms with Crippen LogP contribution in [-0.4, -0.2) is 33.8 Å². The van der Waals surface area contributed by atoms with Gasteiger partial charge in [-0.1, -0.05) is 33.6 Å². The third-order valence-electron chi connectivity index (χ3n) is 4.01. The van der Waals surface area contributed by atoms with Crippen LogP contribution in [0.3, 0.4) is 0 Å². The second-order valence-corrected chi connectivity index (χ2v) is 7.01. The fourth-order valence-electron chi connectivity index (χ4n) is 2.76. The Kier molecular flexibility index (Phi) is 4.71. The standard InChI is InChI=1S/C16H28N4O/c1-5-17-12-10-13(19-14(18-12)15(2,3)4)20-16(11-21)8-6-7-9-16/h10,21H,5-9,11H2,1-4H3,(H2,17,18,19,20). The molecule has 5 nitrogen and oxygen atoms in total. The largest absolute Gasteiger partial charge is 0.394 e. The molecule has 3 N–H and O–H groups in total. The Hall–Kier alpha value is -1.36. The average molecular weight is 292 g/mol. The average Bonchev–Trinajstić information content (AvgIpc) is 2.87. The number of anilines is 2. The van der Waals surface area contributed by atoms with Crippen LogP contribution in [0.2, 0.25) is 0 Å². The lowest BCUT2D eigenvalue weighted by Gasteiger charge is -2.29. The maximum absolute atomic E-state index is 9.76. The molecule has 0 saturated heterocycles. The molecule has 1 aromatic rings. The van der Waals surface area contributed by atoms with Gasteiger partial charge in [-0.2, -0.15) is 0 Å². The van der Waals surface area contributed by atoms with Crippen molar-refractivity contribution >= 4 is 11.6 Å². The van der Waals surface area contributed by atoms with Crippen LogP contribution >= 0.6 is 0 Å². The van der Waals surface area contributed by atoms with E-state index in [2.05, 4.69) is 48.3 Å². The lowest BCUT2D eigenvalue weighted by molar-refractivity contribution is 0.213. The monoisotopic (exact) mass is 292 g/mol. The number of hydrogen-bond acceptors (Lipinski definition) is 5. The number of rotatable bonds is 5. The highest BCUT2D eigenvalue weighted by Crippen LogP contribution is 2.33. The Bertz CT molecular complexity index is 476. The number of aliphatic hydroxyl groups is 1. The van der Waals surface area contributed by atoms with Gasteiger partial charge in [0.1, 0.15) is 17.5 Å². The van der Waals surface area contributed by atoms with Crippen LogP contribution < -0.4 is 10.6 Å². The lowest BCUT2D eigenvalue weighted by Crippen LogP contribution is -2.39. The molecule has 1 saturated carbocycles. The van der Waals surface area contributed by atoms with Gasteiger partial charge in [-0.15, -0.1) is 0 Å². The van der Waals surface area contributed by atoms with Crippen LogP contribution in [0.15, 0.2) is 6.07 Å². The molecule has 1 aliphatic rings. The molecular formula is C16H28N4O. The normalized spacial score (nSPS) is 17.8. The molecule has 0 aliphatic heterocycles. The fourth-order valence-corrected chi connectivity index (χ4v) is 2.76. The molecule has 0 amide bonds. The summed E-state index contributed by atoms with van der Waals surface area (Å²) in [7, 11) is 0. The Morgan fingerprint density at radius 1 is 1.19 bits per heavy atom. The van der Waals surface area contributed by atoms with Crippen LogP contribution in [-0.2, 0) is 5.41 Å². The quantitative estimate of drug-likeness (QED) is 0.778. The summed E-state index contributed by atoms with van der Waals surface area (Å²) >= 11 is 0. The van der Waals surface area contributed by atoms with Crippen molar-refractivity contribution in [1.82, 2.24) is 9.97 Å². The van der Waals surface area contributed by atoms with Crippen molar-refractivity contribution in [3.63, 3.8) is 0 Å². The number of nitrogens with zero attached hydrogens (tertiary/aromatic N) is 2. The first-order valence-corrected chi connectivity index (χ1v) is 7.91. The number of aliphatic hydroxyl groups excluding tert-OH is 1. The maximum atomic E-state index is 9.76. The highest BCUT2D eigenvalue weighted by molar-refractivity contribution is 5.49. The van der Waals surface area contributed by atoms with E-state index >= 15 is 0 Å². The minimum Gasteiger partial charge on any atom is -0.394 e. The molecule has 1 fully saturated rings. The number of aromatic nitrogens is 2. The molecule has 0 atom stereocenters. The van der Waals surface area contributed by atoms with E-state index in [1.54, 1.807) is 0 Å². The molecule has 0 bridgehead atoms. The molecule has 118 valence electrons. The smallest absolute Gasteiger partial charge is 0.138 e. The van der Waals surface area contributed by atoms with Gasteiger partial charge < -0.3 is 15.7 Å². The predicted octanol–water partition coefficient (Wildman–Crippen LogP) is 2.92. The number of nitrogens with one attached hydrogen (secondary N) is 2. The molecule has 0 spiro atoms. The van der Waals surface area contributed by atoms with E-state index in [1.165, 1.54) is 0 Å². The minimum absolute atomic E-state index is 0.107. The molecular weight excluding hydrogens is 264 g/mol. The van der Waals surface area contributed by atoms with Crippen molar-refractivity contribution in [2.75, 3.05) is 23.8 Å². The van der Waals surface area contributed by atoms with Crippen molar-refractivity contribution in [1.29, 1.82) is 0 Å². The van der Waals surface area contributed by atoms with Crippen molar-refractivity contribution < 1.29 is 5.11 Å². The van der Waals surface area contributed by atoms with Crippen molar-refractivity contribution in [3.8, 4) is 0 Å². The second kappa shape index (κ2) is 6.18. The summed E-state index contributed by atoms with van der Waals surface area (Å²) in [5, 5.41) is 16.5. The van der Waals surface area contributed by atoms with Gasteiger partial charge in [0.05, 0.1) is 12.1 Å². The molecule has 1 aromatic heterocycles. The van der Waals surface area contributed by atoms with E-state index < -0.39 is 0 Å². The molecule has 1 heterocycles. The Morgan fingerprint density at radius 2 is 1.81 bits per heavy atom.